The smallest absolute Gasteiger partial charge is 0.219 e. The average molecular weight is 450 g/mol. The van der Waals surface area contributed by atoms with Crippen LogP contribution in [-0.4, -0.2) is 0 Å². The lowest BCUT2D eigenvalue weighted by Crippen LogP contribution is -2.37. The Bertz CT molecular complexity index is 1560. The minimum Gasteiger partial charge on any atom is -0.868 e. The first-order valence-electron chi connectivity index (χ1n) is 11.7. The Morgan fingerprint density at radius 3 is 1.49 bits per heavy atom. The van der Waals surface area contributed by atoms with Gasteiger partial charge in [0.25, 0.3) is 0 Å². The molecule has 6 rings (SSSR count). The van der Waals surface area contributed by atoms with Crippen molar-refractivity contribution in [2.45, 2.75) is 0 Å². The first-order valence-corrected chi connectivity index (χ1v) is 11.7. The van der Waals surface area contributed by atoms with Gasteiger partial charge in [-0.05, 0) is 52.6 Å². The second-order valence-electron chi connectivity index (χ2n) is 8.58. The molecule has 166 valence electrons. The third-order valence-electron chi connectivity index (χ3n) is 6.40. The van der Waals surface area contributed by atoms with E-state index in [0.717, 1.165) is 44.4 Å². The van der Waals surface area contributed by atoms with Gasteiger partial charge in [0.1, 0.15) is 0 Å². The Morgan fingerprint density at radius 2 is 0.914 bits per heavy atom. The topological polar surface area (TPSA) is 26.9 Å². The normalized spacial score (nSPS) is 11.0. The molecular formula is C33H23NO. The van der Waals surface area contributed by atoms with E-state index in [1.165, 1.54) is 0 Å². The van der Waals surface area contributed by atoms with Crippen molar-refractivity contribution in [3.05, 3.63) is 140 Å². The molecule has 0 radical (unpaired) electrons. The van der Waals surface area contributed by atoms with E-state index in [1.54, 1.807) is 6.07 Å². The zero-order chi connectivity index (χ0) is 23.6. The fourth-order valence-corrected chi connectivity index (χ4v) is 4.74. The van der Waals surface area contributed by atoms with Gasteiger partial charge in [0, 0.05) is 23.3 Å². The molecule has 1 heterocycles. The molecule has 0 N–H and O–H groups in total. The van der Waals surface area contributed by atoms with Crippen LogP contribution < -0.4 is 9.67 Å². The zero-order valence-corrected chi connectivity index (χ0v) is 19.1. The highest BCUT2D eigenvalue weighted by Crippen LogP contribution is 2.34. The summed E-state index contributed by atoms with van der Waals surface area (Å²) >= 11 is 0. The number of hydrogen-bond acceptors (Lipinski definition) is 1. The molecule has 0 spiro atoms. The minimum atomic E-state index is -0.00415. The molecule has 0 aliphatic heterocycles. The number of benzene rings is 5. The highest BCUT2D eigenvalue weighted by molar-refractivity contribution is 5.91. The third kappa shape index (κ3) is 3.85. The standard InChI is InChI=1S/C33H23NO/c35-32-21-20-25-14-10-11-19-29(25)33(32)34-30(26-15-6-2-7-16-26)22-28(24-12-4-1-5-13-24)23-31(34)27-17-8-3-9-18-27/h1-23H. The van der Waals surface area contributed by atoms with Gasteiger partial charge in [-0.25, -0.2) is 0 Å². The van der Waals surface area contributed by atoms with Gasteiger partial charge in [0.15, 0.2) is 0 Å². The quantitative estimate of drug-likeness (QED) is 0.262. The average Bonchev–Trinajstić information content (AvgIpc) is 2.94. The van der Waals surface area contributed by atoms with Crippen molar-refractivity contribution in [1.82, 2.24) is 0 Å². The first-order chi connectivity index (χ1) is 17.3. The minimum absolute atomic E-state index is 0.00415. The van der Waals surface area contributed by atoms with E-state index in [9.17, 15) is 5.11 Å². The third-order valence-corrected chi connectivity index (χ3v) is 6.40. The Kier molecular flexibility index (Phi) is 5.32. The van der Waals surface area contributed by atoms with E-state index in [4.69, 9.17) is 0 Å². The van der Waals surface area contributed by atoms with Crippen molar-refractivity contribution in [3.63, 3.8) is 0 Å². The molecular weight excluding hydrogens is 426 g/mol. The Morgan fingerprint density at radius 1 is 0.429 bits per heavy atom. The predicted octanol–water partition coefficient (Wildman–Crippen LogP) is 7.19. The largest absolute Gasteiger partial charge is 0.868 e. The molecule has 1 aromatic heterocycles. The van der Waals surface area contributed by atoms with E-state index in [2.05, 4.69) is 71.3 Å². The molecule has 0 amide bonds. The summed E-state index contributed by atoms with van der Waals surface area (Å²) in [5, 5.41) is 15.5. The van der Waals surface area contributed by atoms with Crippen LogP contribution in [0.4, 0.5) is 0 Å². The van der Waals surface area contributed by atoms with Crippen LogP contribution in [0.3, 0.4) is 0 Å². The molecule has 0 saturated heterocycles. The fraction of sp³-hybridized carbons (Fsp3) is 0. The molecule has 0 fully saturated rings. The fourth-order valence-electron chi connectivity index (χ4n) is 4.74. The van der Waals surface area contributed by atoms with Crippen LogP contribution in [0.15, 0.2) is 140 Å². The van der Waals surface area contributed by atoms with Crippen molar-refractivity contribution in [1.29, 1.82) is 0 Å². The molecule has 0 saturated carbocycles. The lowest BCUT2D eigenvalue weighted by molar-refractivity contribution is -0.575. The van der Waals surface area contributed by atoms with Crippen LogP contribution in [0, 0.1) is 0 Å². The SMILES string of the molecule is [O-]c1ccc2ccccc2c1-[n+]1c(-c2ccccc2)cc(-c2ccccc2)cc1-c1ccccc1. The molecule has 2 heteroatoms. The van der Waals surface area contributed by atoms with Gasteiger partial charge in [-0.15, -0.1) is 0 Å². The lowest BCUT2D eigenvalue weighted by Gasteiger charge is -2.18. The van der Waals surface area contributed by atoms with Crippen LogP contribution in [0.2, 0.25) is 0 Å². The summed E-state index contributed by atoms with van der Waals surface area (Å²) in [5.41, 5.74) is 6.95. The predicted molar refractivity (Wildman–Crippen MR) is 141 cm³/mol. The van der Waals surface area contributed by atoms with Crippen molar-refractivity contribution in [3.8, 4) is 45.1 Å². The first kappa shape index (κ1) is 20.9. The van der Waals surface area contributed by atoms with E-state index >= 15 is 0 Å². The highest BCUT2D eigenvalue weighted by atomic mass is 16.3. The van der Waals surface area contributed by atoms with E-state index in [1.807, 2.05) is 66.7 Å². The zero-order valence-electron chi connectivity index (χ0n) is 19.1. The van der Waals surface area contributed by atoms with Gasteiger partial charge in [-0.3, -0.25) is 0 Å². The maximum atomic E-state index is 13.5. The van der Waals surface area contributed by atoms with Crippen LogP contribution in [-0.2, 0) is 0 Å². The monoisotopic (exact) mass is 449 g/mol. The van der Waals surface area contributed by atoms with Crippen LogP contribution in [0.25, 0.3) is 50.1 Å². The second kappa shape index (κ2) is 8.92. The van der Waals surface area contributed by atoms with Crippen LogP contribution in [0.5, 0.6) is 5.75 Å². The Balaban J connectivity index is 1.79. The van der Waals surface area contributed by atoms with Crippen molar-refractivity contribution < 1.29 is 9.67 Å². The molecule has 2 nitrogen and oxygen atoms in total. The van der Waals surface area contributed by atoms with Crippen molar-refractivity contribution in [2.75, 3.05) is 0 Å². The summed E-state index contributed by atoms with van der Waals surface area (Å²) < 4.78 is 2.14. The molecule has 35 heavy (non-hydrogen) atoms. The van der Waals surface area contributed by atoms with Gasteiger partial charge in [-0.1, -0.05) is 97.1 Å². The number of aromatic nitrogens is 1. The summed E-state index contributed by atoms with van der Waals surface area (Å²) in [4.78, 5) is 0. The molecule has 0 aliphatic rings. The molecule has 0 unspecified atom stereocenters. The summed E-state index contributed by atoms with van der Waals surface area (Å²) in [6.07, 6.45) is 0. The second-order valence-corrected chi connectivity index (χ2v) is 8.58. The summed E-state index contributed by atoms with van der Waals surface area (Å²) in [6, 6.07) is 47.1. The van der Waals surface area contributed by atoms with Gasteiger partial charge in [-0.2, -0.15) is 4.57 Å². The highest BCUT2D eigenvalue weighted by Gasteiger charge is 2.26. The van der Waals surface area contributed by atoms with Gasteiger partial charge >= 0.3 is 0 Å². The number of pyridine rings is 1. The van der Waals surface area contributed by atoms with E-state index in [-0.39, 0.29) is 5.75 Å². The van der Waals surface area contributed by atoms with Crippen molar-refractivity contribution >= 4 is 10.8 Å². The van der Waals surface area contributed by atoms with Gasteiger partial charge < -0.3 is 5.11 Å². The Hall–Kier alpha value is -4.69. The van der Waals surface area contributed by atoms with E-state index < -0.39 is 0 Å². The molecule has 5 aromatic carbocycles. The van der Waals surface area contributed by atoms with Gasteiger partial charge in [0.2, 0.25) is 17.1 Å². The summed E-state index contributed by atoms with van der Waals surface area (Å²) in [5.74, 6) is -0.00415. The lowest BCUT2D eigenvalue weighted by atomic mass is 9.97. The maximum absolute atomic E-state index is 13.5. The summed E-state index contributed by atoms with van der Waals surface area (Å²) in [6.45, 7) is 0. The molecule has 6 aromatic rings. The van der Waals surface area contributed by atoms with Crippen LogP contribution in [0.1, 0.15) is 0 Å². The van der Waals surface area contributed by atoms with E-state index in [0.29, 0.717) is 5.69 Å². The molecule has 0 bridgehead atoms. The number of fused-ring (bicyclic) bond motifs is 1. The summed E-state index contributed by atoms with van der Waals surface area (Å²) in [7, 11) is 0. The van der Waals surface area contributed by atoms with Gasteiger partial charge in [0.05, 0.1) is 5.39 Å². The number of rotatable bonds is 4. The Labute approximate surface area is 205 Å². The molecule has 0 aliphatic carbocycles. The number of hydrogen-bond donors (Lipinski definition) is 0. The number of nitrogens with zero attached hydrogens (tertiary/aromatic N) is 1. The maximum Gasteiger partial charge on any atom is 0.219 e. The molecule has 0 atom stereocenters. The van der Waals surface area contributed by atoms with Crippen LogP contribution >= 0.6 is 0 Å². The van der Waals surface area contributed by atoms with Crippen molar-refractivity contribution in [2.24, 2.45) is 0 Å².